The summed E-state index contributed by atoms with van der Waals surface area (Å²) < 4.78 is 0. The van der Waals surface area contributed by atoms with Crippen LogP contribution in [0.3, 0.4) is 0 Å². The van der Waals surface area contributed by atoms with Crippen LogP contribution in [0.1, 0.15) is 50.7 Å². The zero-order valence-electron chi connectivity index (χ0n) is 20.4. The third-order valence-electron chi connectivity index (χ3n) is 5.23. The van der Waals surface area contributed by atoms with Crippen LogP contribution in [0, 0.1) is 0 Å². The molecule has 0 amide bonds. The second kappa shape index (κ2) is 21.1. The van der Waals surface area contributed by atoms with Crippen LogP contribution in [0.4, 0.5) is 0 Å². The van der Waals surface area contributed by atoms with Gasteiger partial charge in [-0.2, -0.15) is 35.4 Å². The quantitative estimate of drug-likeness (QED) is 0.212. The van der Waals surface area contributed by atoms with Crippen molar-refractivity contribution in [2.45, 2.75) is 52.4 Å². The van der Waals surface area contributed by atoms with Crippen molar-refractivity contribution in [3.05, 3.63) is 120 Å². The van der Waals surface area contributed by atoms with E-state index in [1.54, 1.807) is 23.3 Å². The van der Waals surface area contributed by atoms with E-state index in [2.05, 4.69) is 123 Å². The van der Waals surface area contributed by atoms with Gasteiger partial charge in [-0.15, -0.1) is 0 Å². The fourth-order valence-corrected chi connectivity index (χ4v) is 7.14. The summed E-state index contributed by atoms with van der Waals surface area (Å²) >= 11 is 1.64. The zero-order valence-corrected chi connectivity index (χ0v) is 25.4. The van der Waals surface area contributed by atoms with Crippen LogP contribution in [-0.4, -0.2) is 5.43 Å². The molecule has 4 heteroatoms. The van der Waals surface area contributed by atoms with Crippen molar-refractivity contribution >= 4 is 15.8 Å². The van der Waals surface area contributed by atoms with Crippen LogP contribution >= 0.6 is 0 Å². The van der Waals surface area contributed by atoms with E-state index in [9.17, 15) is 0 Å². The Kier molecular flexibility index (Phi) is 20.4. The molecule has 0 spiro atoms. The molecule has 4 aromatic carbocycles. The van der Waals surface area contributed by atoms with Gasteiger partial charge in [0, 0.05) is 0 Å². The third-order valence-corrected chi connectivity index (χ3v) is 11.3. The Morgan fingerprint density at radius 2 is 0.882 bits per heavy atom. The molecule has 0 bridgehead atoms. The van der Waals surface area contributed by atoms with Crippen molar-refractivity contribution in [3.8, 4) is 0 Å². The van der Waals surface area contributed by atoms with Gasteiger partial charge in [0.15, 0.2) is 0 Å². The standard InChI is InChI=1S/C12H10Si.2C9H13.2ClH.Zr/c1-3-7-11(8-4-1)13-12-9-5-2-6-10-12;2*1-2-3-6-9-7-4-5-8-9;;;/h1-10H;2*4-5,7-8H,2-3,6H2,1H3;2*1H;/q;2*-1;;;+2/p-2. The van der Waals surface area contributed by atoms with Gasteiger partial charge in [-0.1, -0.05) is 52.4 Å². The van der Waals surface area contributed by atoms with Gasteiger partial charge >= 0.3 is 99.8 Å². The zero-order chi connectivity index (χ0) is 22.9. The van der Waals surface area contributed by atoms with Crippen LogP contribution in [0.5, 0.6) is 0 Å². The summed E-state index contributed by atoms with van der Waals surface area (Å²) in [6, 6.07) is 38.8. The summed E-state index contributed by atoms with van der Waals surface area (Å²) in [6.07, 6.45) is 7.75. The topological polar surface area (TPSA) is 0 Å². The van der Waals surface area contributed by atoms with Gasteiger partial charge in [0.2, 0.25) is 0 Å². The molecule has 0 radical (unpaired) electrons. The van der Waals surface area contributed by atoms with Crippen LogP contribution in [0.2, 0.25) is 0 Å². The van der Waals surface area contributed by atoms with Gasteiger partial charge < -0.3 is 24.8 Å². The van der Waals surface area contributed by atoms with E-state index in [0.29, 0.717) is 0 Å². The molecule has 0 saturated carbocycles. The van der Waals surface area contributed by atoms with Crippen LogP contribution in [0.25, 0.3) is 0 Å². The molecule has 0 aliphatic carbocycles. The molecule has 0 aliphatic heterocycles. The van der Waals surface area contributed by atoms with Gasteiger partial charge in [-0.25, -0.2) is 24.3 Å². The van der Waals surface area contributed by atoms with E-state index < -0.39 is 5.43 Å². The van der Waals surface area contributed by atoms with Gasteiger partial charge in [0.05, 0.1) is 0 Å². The molecule has 4 aromatic rings. The number of hydrogen-bond acceptors (Lipinski definition) is 0. The number of hydrogen-bond donors (Lipinski definition) is 0. The van der Waals surface area contributed by atoms with E-state index in [1.165, 1.54) is 60.0 Å². The molecule has 0 saturated heterocycles. The Morgan fingerprint density at radius 3 is 1.18 bits per heavy atom. The minimum absolute atomic E-state index is 0. The summed E-state index contributed by atoms with van der Waals surface area (Å²) in [5, 5.41) is 3.03. The van der Waals surface area contributed by atoms with Gasteiger partial charge in [-0.05, 0) is 0 Å². The summed E-state index contributed by atoms with van der Waals surface area (Å²) in [7, 11) is 0. The molecule has 0 N–H and O–H groups in total. The normalized spacial score (nSPS) is 9.29. The number of halogens is 2. The fraction of sp³-hybridized carbons (Fsp3) is 0.267. The minimum atomic E-state index is -0.455. The number of benzene rings is 2. The first-order valence-electron chi connectivity index (χ1n) is 11.8. The van der Waals surface area contributed by atoms with Crippen LogP contribution in [-0.2, 0) is 36.2 Å². The second-order valence-electron chi connectivity index (χ2n) is 7.90. The average molecular weight is 587 g/mol. The Balaban J connectivity index is 0.000000485. The van der Waals surface area contributed by atoms with Gasteiger partial charge in [0.1, 0.15) is 0 Å². The van der Waals surface area contributed by atoms with Gasteiger partial charge in [-0.3, -0.25) is 0 Å². The third kappa shape index (κ3) is 13.6. The maximum atomic E-state index is 2.25. The Bertz CT molecular complexity index is 870. The molecule has 0 heterocycles. The summed E-state index contributed by atoms with van der Waals surface area (Å²) in [4.78, 5) is 0. The Morgan fingerprint density at radius 1 is 0.559 bits per heavy atom. The van der Waals surface area contributed by atoms with E-state index in [-0.39, 0.29) is 24.8 Å². The van der Waals surface area contributed by atoms with Crippen LogP contribution in [0.15, 0.2) is 109 Å². The van der Waals surface area contributed by atoms with E-state index in [4.69, 9.17) is 0 Å². The van der Waals surface area contributed by atoms with E-state index >= 15 is 0 Å². The molecule has 0 fully saturated rings. The maximum absolute atomic E-state index is 2.25. The van der Waals surface area contributed by atoms with Crippen molar-refractivity contribution in [2.75, 3.05) is 0 Å². The molecule has 0 aliphatic rings. The first kappa shape index (κ1) is 32.8. The predicted molar refractivity (Wildman–Crippen MR) is 139 cm³/mol. The Hall–Kier alpha value is -1.18. The molecule has 34 heavy (non-hydrogen) atoms. The number of unbranched alkanes of at least 4 members (excludes halogenated alkanes) is 2. The van der Waals surface area contributed by atoms with E-state index in [0.717, 1.165) is 0 Å². The predicted octanol–water partition coefficient (Wildman–Crippen LogP) is 0.843. The molecule has 0 aromatic heterocycles. The van der Waals surface area contributed by atoms with Crippen LogP contribution < -0.4 is 35.2 Å². The Labute approximate surface area is 235 Å². The first-order valence-corrected chi connectivity index (χ1v) is 17.0. The monoisotopic (exact) mass is 584 g/mol. The molecule has 0 unspecified atom stereocenters. The van der Waals surface area contributed by atoms with Gasteiger partial charge in [0.25, 0.3) is 0 Å². The molecule has 0 nitrogen and oxygen atoms in total. The molecule has 0 atom stereocenters. The van der Waals surface area contributed by atoms with Crippen molar-refractivity contribution < 1.29 is 48.1 Å². The summed E-state index contributed by atoms with van der Waals surface area (Å²) in [5.41, 5.74) is 2.51. The molecule has 180 valence electrons. The van der Waals surface area contributed by atoms with Crippen molar-refractivity contribution in [1.82, 2.24) is 0 Å². The molecular formula is C30H36Cl2SiZr-2. The molecular weight excluding hydrogens is 551 g/mol. The first-order chi connectivity index (χ1) is 15.7. The van der Waals surface area contributed by atoms with E-state index in [1.807, 2.05) is 0 Å². The number of aryl methyl sites for hydroxylation is 2. The van der Waals surface area contributed by atoms with Crippen molar-refractivity contribution in [2.24, 2.45) is 0 Å². The summed E-state index contributed by atoms with van der Waals surface area (Å²) in [6.45, 7) is 4.45. The molecule has 4 rings (SSSR count). The second-order valence-corrected chi connectivity index (χ2v) is 13.5. The fourth-order valence-electron chi connectivity index (χ4n) is 3.30. The number of rotatable bonds is 8. The average Bonchev–Trinajstić information content (AvgIpc) is 3.57. The van der Waals surface area contributed by atoms with Crippen molar-refractivity contribution in [1.29, 1.82) is 0 Å². The SMILES string of the molecule is CCCC[c-]1cccc1.CCCC[c-]1cccc1.[Cl-].[Cl-].[Zr+2]=[Si](c1ccccc1)c1ccccc1. The van der Waals surface area contributed by atoms with Crippen molar-refractivity contribution in [3.63, 3.8) is 0 Å². The summed E-state index contributed by atoms with van der Waals surface area (Å²) in [5.74, 6) is 0.